The minimum atomic E-state index is -0.452. The van der Waals surface area contributed by atoms with Gasteiger partial charge in [-0.25, -0.2) is 10.8 Å². The number of carbonyl (C=O) groups is 1. The Morgan fingerprint density at radius 1 is 1.19 bits per heavy atom. The molecule has 0 bridgehead atoms. The van der Waals surface area contributed by atoms with E-state index in [2.05, 4.69) is 22.3 Å². The summed E-state index contributed by atoms with van der Waals surface area (Å²) < 4.78 is 15.5. The van der Waals surface area contributed by atoms with E-state index in [1.54, 1.807) is 6.07 Å². The molecular formula is C13H18N4O4. The largest absolute Gasteiger partial charge is 0.496 e. The molecule has 0 aliphatic rings. The zero-order valence-corrected chi connectivity index (χ0v) is 12.1. The molecule has 1 aromatic carbocycles. The molecule has 114 valence electrons. The van der Waals surface area contributed by atoms with Gasteiger partial charge in [-0.05, 0) is 0 Å². The van der Waals surface area contributed by atoms with Crippen molar-refractivity contribution in [3.63, 3.8) is 0 Å². The first-order valence-corrected chi connectivity index (χ1v) is 5.86. The number of amides is 1. The summed E-state index contributed by atoms with van der Waals surface area (Å²) >= 11 is 0. The standard InChI is InChI=1S/C13H18N4O4/c1-8(15-7-16-14)17-13(18)9-5-11(20-3)12(21-4)6-10(9)19-2/h5-7H,1,14H2,2-4H3,(H,15,16)(H,17,18). The zero-order valence-electron chi connectivity index (χ0n) is 12.1. The van der Waals surface area contributed by atoms with Gasteiger partial charge in [0.05, 0.1) is 26.9 Å². The highest BCUT2D eigenvalue weighted by atomic mass is 16.5. The molecule has 4 N–H and O–H groups in total. The molecule has 0 saturated heterocycles. The normalized spacial score (nSPS) is 10.1. The van der Waals surface area contributed by atoms with Crippen LogP contribution in [0, 0.1) is 0 Å². The van der Waals surface area contributed by atoms with Crippen LogP contribution < -0.4 is 30.8 Å². The quantitative estimate of drug-likeness (QED) is 0.291. The van der Waals surface area contributed by atoms with Gasteiger partial charge in [-0.3, -0.25) is 4.79 Å². The molecule has 1 aromatic rings. The van der Waals surface area contributed by atoms with Crippen LogP contribution in [0.4, 0.5) is 0 Å². The minimum absolute atomic E-state index is 0.120. The van der Waals surface area contributed by atoms with E-state index in [4.69, 9.17) is 20.1 Å². The number of aliphatic imine (C=N–C) groups is 1. The fourth-order valence-corrected chi connectivity index (χ4v) is 1.55. The first-order chi connectivity index (χ1) is 10.1. The molecular weight excluding hydrogens is 276 g/mol. The fourth-order valence-electron chi connectivity index (χ4n) is 1.55. The maximum Gasteiger partial charge on any atom is 0.260 e. The van der Waals surface area contributed by atoms with Crippen LogP contribution in [0.1, 0.15) is 10.4 Å². The van der Waals surface area contributed by atoms with Crippen molar-refractivity contribution < 1.29 is 19.0 Å². The third-order valence-corrected chi connectivity index (χ3v) is 2.50. The molecule has 8 nitrogen and oxygen atoms in total. The van der Waals surface area contributed by atoms with E-state index in [9.17, 15) is 4.79 Å². The number of hydrogen-bond acceptors (Lipinski definition) is 6. The topological polar surface area (TPSA) is 107 Å². The number of hydrogen-bond donors (Lipinski definition) is 3. The van der Waals surface area contributed by atoms with E-state index in [1.807, 2.05) is 0 Å². The Hall–Kier alpha value is -2.74. The van der Waals surface area contributed by atoms with Crippen molar-refractivity contribution in [1.82, 2.24) is 10.7 Å². The highest BCUT2D eigenvalue weighted by Crippen LogP contribution is 2.34. The van der Waals surface area contributed by atoms with Gasteiger partial charge in [0.2, 0.25) is 0 Å². The second-order valence-electron chi connectivity index (χ2n) is 3.73. The number of benzene rings is 1. The fraction of sp³-hybridized carbons (Fsp3) is 0.231. The lowest BCUT2D eigenvalue weighted by Crippen LogP contribution is -2.24. The molecule has 0 radical (unpaired) electrons. The van der Waals surface area contributed by atoms with Crippen molar-refractivity contribution in [3.8, 4) is 17.2 Å². The molecule has 0 aliphatic carbocycles. The molecule has 0 heterocycles. The van der Waals surface area contributed by atoms with Gasteiger partial charge in [-0.1, -0.05) is 6.58 Å². The molecule has 0 aliphatic heterocycles. The second-order valence-corrected chi connectivity index (χ2v) is 3.73. The van der Waals surface area contributed by atoms with Crippen LogP contribution in [0.5, 0.6) is 17.2 Å². The molecule has 0 unspecified atom stereocenters. The Balaban J connectivity index is 3.07. The van der Waals surface area contributed by atoms with Crippen LogP contribution in [0.2, 0.25) is 0 Å². The monoisotopic (exact) mass is 294 g/mol. The van der Waals surface area contributed by atoms with Gasteiger partial charge in [0.15, 0.2) is 11.5 Å². The number of carbonyl (C=O) groups excluding carboxylic acids is 1. The summed E-state index contributed by atoms with van der Waals surface area (Å²) in [6, 6.07) is 3.06. The number of hydrazine groups is 1. The Morgan fingerprint density at radius 2 is 1.76 bits per heavy atom. The summed E-state index contributed by atoms with van der Waals surface area (Å²) in [7, 11) is 4.42. The maximum absolute atomic E-state index is 12.2. The van der Waals surface area contributed by atoms with Crippen LogP contribution in [-0.2, 0) is 0 Å². The highest BCUT2D eigenvalue weighted by Gasteiger charge is 2.17. The zero-order chi connectivity index (χ0) is 15.8. The van der Waals surface area contributed by atoms with Gasteiger partial charge in [0.25, 0.3) is 5.91 Å². The molecule has 0 atom stereocenters. The van der Waals surface area contributed by atoms with E-state index < -0.39 is 5.91 Å². The third-order valence-electron chi connectivity index (χ3n) is 2.50. The third kappa shape index (κ3) is 4.11. The summed E-state index contributed by atoms with van der Waals surface area (Å²) in [6.45, 7) is 3.57. The molecule has 8 heteroatoms. The first kappa shape index (κ1) is 16.3. The summed E-state index contributed by atoms with van der Waals surface area (Å²) in [4.78, 5) is 15.9. The Labute approximate surface area is 122 Å². The first-order valence-electron chi connectivity index (χ1n) is 5.86. The lowest BCUT2D eigenvalue weighted by atomic mass is 10.1. The summed E-state index contributed by atoms with van der Waals surface area (Å²) in [5, 5.41) is 2.49. The lowest BCUT2D eigenvalue weighted by molar-refractivity contribution is 0.0962. The van der Waals surface area contributed by atoms with E-state index in [1.165, 1.54) is 33.7 Å². The van der Waals surface area contributed by atoms with Crippen molar-refractivity contribution in [3.05, 3.63) is 30.1 Å². The van der Waals surface area contributed by atoms with Crippen molar-refractivity contribution >= 4 is 12.2 Å². The number of methoxy groups -OCH3 is 3. The lowest BCUT2D eigenvalue weighted by Gasteiger charge is -2.13. The molecule has 0 spiro atoms. The molecule has 0 aromatic heterocycles. The number of ether oxygens (including phenoxy) is 3. The Kier molecular flexibility index (Phi) is 6.02. The van der Waals surface area contributed by atoms with E-state index in [0.29, 0.717) is 17.2 Å². The predicted molar refractivity (Wildman–Crippen MR) is 78.5 cm³/mol. The van der Waals surface area contributed by atoms with Gasteiger partial charge in [0, 0.05) is 12.1 Å². The predicted octanol–water partition coefficient (Wildman–Crippen LogP) is 0.405. The van der Waals surface area contributed by atoms with Crippen molar-refractivity contribution in [1.29, 1.82) is 0 Å². The van der Waals surface area contributed by atoms with Crippen molar-refractivity contribution in [2.24, 2.45) is 10.8 Å². The van der Waals surface area contributed by atoms with Crippen LogP contribution >= 0.6 is 0 Å². The smallest absolute Gasteiger partial charge is 0.260 e. The highest BCUT2D eigenvalue weighted by molar-refractivity contribution is 5.98. The molecule has 21 heavy (non-hydrogen) atoms. The van der Waals surface area contributed by atoms with E-state index in [-0.39, 0.29) is 11.4 Å². The van der Waals surface area contributed by atoms with Crippen LogP contribution in [0.15, 0.2) is 29.5 Å². The second kappa shape index (κ2) is 7.75. The van der Waals surface area contributed by atoms with E-state index in [0.717, 1.165) is 0 Å². The van der Waals surface area contributed by atoms with E-state index >= 15 is 0 Å². The number of nitrogens with one attached hydrogen (secondary N) is 2. The number of rotatable bonds is 7. The SMILES string of the molecule is C=C(/N=C\NN)NC(=O)c1cc(OC)c(OC)cc1OC. The Bertz CT molecular complexity index is 557. The minimum Gasteiger partial charge on any atom is -0.496 e. The van der Waals surface area contributed by atoms with Crippen molar-refractivity contribution in [2.75, 3.05) is 21.3 Å². The van der Waals surface area contributed by atoms with Gasteiger partial charge >= 0.3 is 0 Å². The Morgan fingerprint density at radius 3 is 2.29 bits per heavy atom. The van der Waals surface area contributed by atoms with Crippen LogP contribution in [-0.4, -0.2) is 33.6 Å². The van der Waals surface area contributed by atoms with Gasteiger partial charge < -0.3 is 25.0 Å². The molecule has 1 rings (SSSR count). The maximum atomic E-state index is 12.2. The van der Waals surface area contributed by atoms with Crippen LogP contribution in [0.3, 0.4) is 0 Å². The number of nitrogens with zero attached hydrogens (tertiary/aromatic N) is 1. The van der Waals surface area contributed by atoms with Gasteiger partial charge in [-0.15, -0.1) is 0 Å². The summed E-state index contributed by atoms with van der Waals surface area (Å²) in [6.07, 6.45) is 1.19. The summed E-state index contributed by atoms with van der Waals surface area (Å²) in [5.74, 6) is 5.89. The molecule has 0 fully saturated rings. The average molecular weight is 294 g/mol. The van der Waals surface area contributed by atoms with Crippen LogP contribution in [0.25, 0.3) is 0 Å². The average Bonchev–Trinajstić information content (AvgIpc) is 2.51. The van der Waals surface area contributed by atoms with Crippen molar-refractivity contribution in [2.45, 2.75) is 0 Å². The molecule has 0 saturated carbocycles. The number of nitrogens with two attached hydrogens (primary N) is 1. The summed E-state index contributed by atoms with van der Waals surface area (Å²) in [5.41, 5.74) is 2.46. The van der Waals surface area contributed by atoms with Gasteiger partial charge in [-0.2, -0.15) is 0 Å². The molecule has 1 amide bonds. The van der Waals surface area contributed by atoms with Gasteiger partial charge in [0.1, 0.15) is 17.9 Å².